The van der Waals surface area contributed by atoms with Crippen LogP contribution in [0.25, 0.3) is 0 Å². The van der Waals surface area contributed by atoms with E-state index in [1.54, 1.807) is 0 Å². The molecule has 3 heterocycles. The molecule has 2 atom stereocenters. The molecule has 0 fully saturated rings. The molecular formula is C27H42N4OS. The summed E-state index contributed by atoms with van der Waals surface area (Å²) in [5.74, 6) is 2.89. The summed E-state index contributed by atoms with van der Waals surface area (Å²) < 4.78 is 8.33. The van der Waals surface area contributed by atoms with E-state index in [1.165, 1.54) is 9.88 Å². The summed E-state index contributed by atoms with van der Waals surface area (Å²) in [6, 6.07) is 0.378. The zero-order valence-corrected chi connectivity index (χ0v) is 23.0. The van der Waals surface area contributed by atoms with Gasteiger partial charge < -0.3 is 8.98 Å². The van der Waals surface area contributed by atoms with Crippen molar-refractivity contribution >= 4 is 11.3 Å². The Hall–Kier alpha value is -1.95. The minimum absolute atomic E-state index is 0.0456. The van der Waals surface area contributed by atoms with Gasteiger partial charge in [0.05, 0.1) is 23.2 Å². The molecule has 0 aliphatic heterocycles. The van der Waals surface area contributed by atoms with Gasteiger partial charge in [0.2, 0.25) is 0 Å². The van der Waals surface area contributed by atoms with E-state index in [4.69, 9.17) is 9.40 Å². The zero-order chi connectivity index (χ0) is 24.6. The van der Waals surface area contributed by atoms with Crippen molar-refractivity contribution in [3.8, 4) is 0 Å². The Bertz CT molecular complexity index is 1040. The van der Waals surface area contributed by atoms with Crippen LogP contribution in [0.5, 0.6) is 0 Å². The van der Waals surface area contributed by atoms with E-state index in [1.807, 2.05) is 23.9 Å². The Morgan fingerprint density at radius 3 is 2.15 bits per heavy atom. The third-order valence-electron chi connectivity index (χ3n) is 6.64. The van der Waals surface area contributed by atoms with Gasteiger partial charge in [-0.3, -0.25) is 0 Å². The fraction of sp³-hybridized carbons (Fsp3) is 0.667. The number of oxazole rings is 1. The maximum Gasteiger partial charge on any atom is 0.196 e. The number of hydrogen-bond donors (Lipinski definition) is 0. The Labute approximate surface area is 204 Å². The lowest BCUT2D eigenvalue weighted by Crippen LogP contribution is -2.21. The van der Waals surface area contributed by atoms with Gasteiger partial charge in [0.25, 0.3) is 0 Å². The first-order chi connectivity index (χ1) is 15.3. The normalized spacial score (nSPS) is 14.9. The highest BCUT2D eigenvalue weighted by Gasteiger charge is 2.31. The number of hydrogen-bond acceptors (Lipinski definition) is 5. The Kier molecular flexibility index (Phi) is 7.57. The molecule has 0 saturated heterocycles. The predicted octanol–water partition coefficient (Wildman–Crippen LogP) is 7.97. The monoisotopic (exact) mass is 470 g/mol. The van der Waals surface area contributed by atoms with E-state index in [2.05, 4.69) is 96.2 Å². The van der Waals surface area contributed by atoms with Crippen molar-refractivity contribution in [2.24, 2.45) is 0 Å². The largest absolute Gasteiger partial charge is 0.445 e. The van der Waals surface area contributed by atoms with Crippen molar-refractivity contribution < 1.29 is 4.42 Å². The molecule has 0 amide bonds. The fourth-order valence-corrected chi connectivity index (χ4v) is 5.57. The van der Waals surface area contributed by atoms with Crippen LogP contribution in [-0.4, -0.2) is 19.5 Å². The molecule has 0 spiro atoms. The molecule has 0 bridgehead atoms. The molecule has 3 aromatic rings. The third kappa shape index (κ3) is 5.95. The van der Waals surface area contributed by atoms with Crippen LogP contribution >= 0.6 is 11.3 Å². The summed E-state index contributed by atoms with van der Waals surface area (Å²) in [6.45, 7) is 22.3. The summed E-state index contributed by atoms with van der Waals surface area (Å²) in [5, 5.41) is 1.20. The van der Waals surface area contributed by atoms with Crippen molar-refractivity contribution in [2.45, 2.75) is 117 Å². The van der Waals surface area contributed by atoms with E-state index >= 15 is 0 Å². The first kappa shape index (κ1) is 25.7. The second-order valence-corrected chi connectivity index (χ2v) is 12.7. The molecule has 182 valence electrons. The van der Waals surface area contributed by atoms with Crippen LogP contribution in [0.3, 0.4) is 0 Å². The third-order valence-corrected chi connectivity index (χ3v) is 8.24. The second-order valence-electron chi connectivity index (χ2n) is 11.6. The lowest BCUT2D eigenvalue weighted by molar-refractivity contribution is 0.326. The summed E-state index contributed by atoms with van der Waals surface area (Å²) >= 11 is 1.86. The number of nitrogens with zero attached hydrogens (tertiary/aromatic N) is 4. The van der Waals surface area contributed by atoms with Gasteiger partial charge in [-0.1, -0.05) is 62.3 Å². The zero-order valence-electron chi connectivity index (χ0n) is 22.1. The highest BCUT2D eigenvalue weighted by molar-refractivity contribution is 7.11. The van der Waals surface area contributed by atoms with Crippen molar-refractivity contribution in [1.29, 1.82) is 0 Å². The highest BCUT2D eigenvalue weighted by Crippen LogP contribution is 2.40. The average Bonchev–Trinajstić information content (AvgIpc) is 3.47. The quantitative estimate of drug-likeness (QED) is 0.301. The van der Waals surface area contributed by atoms with Gasteiger partial charge >= 0.3 is 0 Å². The van der Waals surface area contributed by atoms with Crippen molar-refractivity contribution in [3.05, 3.63) is 52.1 Å². The number of thiazole rings is 1. The fourth-order valence-electron chi connectivity index (χ4n) is 4.49. The molecule has 0 saturated carbocycles. The first-order valence-corrected chi connectivity index (χ1v) is 13.1. The molecule has 0 N–H and O–H groups in total. The lowest BCUT2D eigenvalue weighted by Gasteiger charge is -2.27. The van der Waals surface area contributed by atoms with Crippen molar-refractivity contribution in [2.75, 3.05) is 0 Å². The SMILES string of the molecule is CC(C)c1cn(C(C)CC(C)(C)c2cnc(C(C)CC(C)(C)c3cnc(C(C)C)o3)s2)cn1. The summed E-state index contributed by atoms with van der Waals surface area (Å²) in [4.78, 5) is 15.3. The number of rotatable bonds is 10. The molecule has 6 heteroatoms. The van der Waals surface area contributed by atoms with Crippen LogP contribution < -0.4 is 0 Å². The van der Waals surface area contributed by atoms with Gasteiger partial charge in [0.1, 0.15) is 5.76 Å². The standard InChI is InChI=1S/C27H42N4OS/c1-17(2)21-15-31(16-30-21)20(6)12-27(9,10)23-14-29-25(33-23)19(5)11-26(7,8)22-13-28-24(32-22)18(3)4/h13-20H,11-12H2,1-10H3. The van der Waals surface area contributed by atoms with Crippen LogP contribution in [0, 0.1) is 0 Å². The maximum atomic E-state index is 6.07. The van der Waals surface area contributed by atoms with Gasteiger partial charge in [-0.25, -0.2) is 15.0 Å². The van der Waals surface area contributed by atoms with E-state index in [0.29, 0.717) is 23.8 Å². The molecule has 0 aliphatic carbocycles. The van der Waals surface area contributed by atoms with Gasteiger partial charge in [-0.05, 0) is 25.7 Å². The molecule has 3 rings (SSSR count). The second kappa shape index (κ2) is 9.73. The lowest BCUT2D eigenvalue weighted by atomic mass is 9.82. The van der Waals surface area contributed by atoms with Crippen molar-refractivity contribution in [3.63, 3.8) is 0 Å². The van der Waals surface area contributed by atoms with Crippen LogP contribution in [-0.2, 0) is 10.8 Å². The maximum absolute atomic E-state index is 6.07. The Balaban J connectivity index is 1.68. The van der Waals surface area contributed by atoms with E-state index < -0.39 is 0 Å². The summed E-state index contributed by atoms with van der Waals surface area (Å²) in [7, 11) is 0. The molecule has 0 aliphatic rings. The summed E-state index contributed by atoms with van der Waals surface area (Å²) in [6.07, 6.45) is 10.2. The molecule has 0 radical (unpaired) electrons. The van der Waals surface area contributed by atoms with Crippen LogP contribution in [0.15, 0.2) is 29.3 Å². The van der Waals surface area contributed by atoms with Crippen molar-refractivity contribution in [1.82, 2.24) is 19.5 Å². The highest BCUT2D eigenvalue weighted by atomic mass is 32.1. The average molecular weight is 471 g/mol. The van der Waals surface area contributed by atoms with Gasteiger partial charge in [-0.2, -0.15) is 0 Å². The van der Waals surface area contributed by atoms with Crippen LogP contribution in [0.1, 0.15) is 133 Å². The smallest absolute Gasteiger partial charge is 0.196 e. The van der Waals surface area contributed by atoms with E-state index in [0.717, 1.165) is 30.2 Å². The van der Waals surface area contributed by atoms with Crippen LogP contribution in [0.2, 0.25) is 0 Å². The molecule has 0 aromatic carbocycles. The summed E-state index contributed by atoms with van der Waals surface area (Å²) in [5.41, 5.74) is 1.11. The number of imidazole rings is 1. The van der Waals surface area contributed by atoms with Crippen LogP contribution in [0.4, 0.5) is 0 Å². The first-order valence-electron chi connectivity index (χ1n) is 12.3. The minimum atomic E-state index is -0.0923. The molecule has 2 unspecified atom stereocenters. The Morgan fingerprint density at radius 1 is 0.879 bits per heavy atom. The number of aromatic nitrogens is 4. The minimum Gasteiger partial charge on any atom is -0.445 e. The van der Waals surface area contributed by atoms with Gasteiger partial charge in [0, 0.05) is 46.0 Å². The Morgan fingerprint density at radius 2 is 1.58 bits per heavy atom. The predicted molar refractivity (Wildman–Crippen MR) is 137 cm³/mol. The van der Waals surface area contributed by atoms with E-state index in [-0.39, 0.29) is 10.8 Å². The molecular weight excluding hydrogens is 428 g/mol. The molecule has 5 nitrogen and oxygen atoms in total. The van der Waals surface area contributed by atoms with Gasteiger partial charge in [0.15, 0.2) is 5.89 Å². The molecule has 33 heavy (non-hydrogen) atoms. The topological polar surface area (TPSA) is 56.7 Å². The molecule has 3 aromatic heterocycles. The van der Waals surface area contributed by atoms with E-state index in [9.17, 15) is 0 Å². The van der Waals surface area contributed by atoms with Gasteiger partial charge in [-0.15, -0.1) is 11.3 Å².